The zero-order valence-corrected chi connectivity index (χ0v) is 28.0. The predicted molar refractivity (Wildman–Crippen MR) is 169 cm³/mol. The Bertz CT molecular complexity index is 1140. The van der Waals surface area contributed by atoms with E-state index < -0.39 is 0 Å². The third kappa shape index (κ3) is 4.99. The van der Waals surface area contributed by atoms with E-state index in [9.17, 15) is 14.4 Å². The Morgan fingerprint density at radius 1 is 0.932 bits per heavy atom. The Hall–Kier alpha value is -1.51. The maximum atomic E-state index is 14.4. The SMILES string of the molecule is C[C@@H]1CC[C@@]2(NC1)O[C@H]1C[C@H]3[C@@H]4CC[C@H]5C[C@@H](NC(=O)CC(=O)NC6CCN(C)CC6)CC[C@]5(C)[C@H]4CC(=O)[C@]3(C)[C@H]1[C@@H]2C. The van der Waals surface area contributed by atoms with E-state index in [1.54, 1.807) is 0 Å². The molecule has 8 nitrogen and oxygen atoms in total. The highest BCUT2D eigenvalue weighted by molar-refractivity contribution is 5.97. The standard InChI is InChI=1S/C36H58N4O4/c1-21-8-13-36(37-20-21)22(2)33-29(44-36)17-28-26-7-6-23-16-25(9-12-34(23,3)27(26)18-30(41)35(28,33)4)39-32(43)19-31(42)38-24-10-14-40(5)15-11-24/h21-29,33,37H,6-20H2,1-5H3,(H,38,42)(H,39,43)/t21-,22+,23+,25+,26-,27+,28+,29+,33+,34+,35-,36-/m1/s1. The first-order valence-corrected chi connectivity index (χ1v) is 18.2. The quantitative estimate of drug-likeness (QED) is 0.412. The molecule has 0 unspecified atom stereocenters. The zero-order valence-electron chi connectivity index (χ0n) is 28.0. The zero-order chi connectivity index (χ0) is 31.0. The number of amides is 2. The van der Waals surface area contributed by atoms with Crippen LogP contribution in [0.2, 0.25) is 0 Å². The molecule has 0 bridgehead atoms. The summed E-state index contributed by atoms with van der Waals surface area (Å²) < 4.78 is 6.98. The Labute approximate surface area is 264 Å². The molecule has 1 spiro atoms. The molecule has 8 heteroatoms. The van der Waals surface area contributed by atoms with Gasteiger partial charge in [0.2, 0.25) is 11.8 Å². The summed E-state index contributed by atoms with van der Waals surface area (Å²) >= 11 is 0. The van der Waals surface area contributed by atoms with Crippen LogP contribution in [0.15, 0.2) is 0 Å². The van der Waals surface area contributed by atoms with Crippen molar-refractivity contribution >= 4 is 17.6 Å². The van der Waals surface area contributed by atoms with Gasteiger partial charge in [-0.1, -0.05) is 27.7 Å². The van der Waals surface area contributed by atoms with Gasteiger partial charge >= 0.3 is 0 Å². The molecule has 2 amide bonds. The van der Waals surface area contributed by atoms with E-state index in [1.807, 2.05) is 0 Å². The summed E-state index contributed by atoms with van der Waals surface area (Å²) in [5.41, 5.74) is -0.381. The van der Waals surface area contributed by atoms with Gasteiger partial charge in [0.25, 0.3) is 0 Å². The monoisotopic (exact) mass is 610 g/mol. The lowest BCUT2D eigenvalue weighted by Gasteiger charge is -2.60. The maximum Gasteiger partial charge on any atom is 0.229 e. The normalized spacial score (nSPS) is 49.1. The van der Waals surface area contributed by atoms with Gasteiger partial charge < -0.3 is 20.3 Å². The topological polar surface area (TPSA) is 99.8 Å². The molecule has 4 aliphatic carbocycles. The molecule has 3 heterocycles. The highest BCUT2D eigenvalue weighted by atomic mass is 16.5. The molecule has 0 aromatic rings. The number of rotatable bonds is 4. The Balaban J connectivity index is 0.973. The molecule has 3 saturated heterocycles. The van der Waals surface area contributed by atoms with Crippen LogP contribution in [0.3, 0.4) is 0 Å². The second-order valence-corrected chi connectivity index (χ2v) is 17.0. The number of hydrogen-bond donors (Lipinski definition) is 3. The number of nitrogens with zero attached hydrogens (tertiary/aromatic N) is 1. The van der Waals surface area contributed by atoms with Gasteiger partial charge in [0, 0.05) is 42.3 Å². The van der Waals surface area contributed by atoms with Crippen LogP contribution in [0.1, 0.15) is 105 Å². The first-order chi connectivity index (χ1) is 20.9. The highest BCUT2D eigenvalue weighted by Crippen LogP contribution is 2.70. The van der Waals surface area contributed by atoms with Gasteiger partial charge in [0.05, 0.1) is 6.10 Å². The summed E-state index contributed by atoms with van der Waals surface area (Å²) in [6.45, 7) is 12.5. The van der Waals surface area contributed by atoms with Gasteiger partial charge in [0.1, 0.15) is 17.9 Å². The summed E-state index contributed by atoms with van der Waals surface area (Å²) in [7, 11) is 2.11. The van der Waals surface area contributed by atoms with Crippen molar-refractivity contribution < 1.29 is 19.1 Å². The van der Waals surface area contributed by atoms with Crippen molar-refractivity contribution in [2.45, 2.75) is 129 Å². The molecular formula is C36H58N4O4. The molecule has 0 radical (unpaired) electrons. The largest absolute Gasteiger partial charge is 0.357 e. The number of ketones is 1. The molecular weight excluding hydrogens is 552 g/mol. The molecule has 7 rings (SSSR count). The lowest BCUT2D eigenvalue weighted by Crippen LogP contribution is -2.60. The number of carbonyl (C=O) groups is 3. The van der Waals surface area contributed by atoms with Crippen molar-refractivity contribution in [2.75, 3.05) is 26.7 Å². The van der Waals surface area contributed by atoms with Crippen molar-refractivity contribution in [1.29, 1.82) is 0 Å². The summed E-state index contributed by atoms with van der Waals surface area (Å²) in [4.78, 5) is 42.1. The van der Waals surface area contributed by atoms with Gasteiger partial charge in [-0.3, -0.25) is 19.7 Å². The van der Waals surface area contributed by atoms with Crippen molar-refractivity contribution in [3.05, 3.63) is 0 Å². The molecule has 0 aromatic heterocycles. The Morgan fingerprint density at radius 2 is 1.66 bits per heavy atom. The van der Waals surface area contributed by atoms with E-state index in [4.69, 9.17) is 4.74 Å². The lowest BCUT2D eigenvalue weighted by atomic mass is 9.44. The van der Waals surface area contributed by atoms with Crippen LogP contribution in [0.25, 0.3) is 0 Å². The van der Waals surface area contributed by atoms with Crippen LogP contribution < -0.4 is 16.0 Å². The van der Waals surface area contributed by atoms with Crippen molar-refractivity contribution in [3.8, 4) is 0 Å². The van der Waals surface area contributed by atoms with Gasteiger partial charge in [-0.2, -0.15) is 0 Å². The van der Waals surface area contributed by atoms with E-state index in [1.165, 1.54) is 19.3 Å². The minimum atomic E-state index is -0.276. The molecule has 3 aliphatic heterocycles. The predicted octanol–water partition coefficient (Wildman–Crippen LogP) is 4.27. The van der Waals surface area contributed by atoms with Gasteiger partial charge in [-0.05, 0) is 119 Å². The number of Topliss-reactive ketones (excluding diaryl/α,β-unsaturated/α-hetero) is 1. The number of piperidine rings is 2. The van der Waals surface area contributed by atoms with Crippen LogP contribution in [0.5, 0.6) is 0 Å². The molecule has 3 N–H and O–H groups in total. The summed E-state index contributed by atoms with van der Waals surface area (Å²) in [6.07, 6.45) is 11.3. The van der Waals surface area contributed by atoms with Gasteiger partial charge in [-0.25, -0.2) is 0 Å². The first-order valence-electron chi connectivity index (χ1n) is 18.2. The van der Waals surface area contributed by atoms with E-state index >= 15 is 0 Å². The van der Waals surface area contributed by atoms with Crippen LogP contribution in [-0.4, -0.2) is 73.1 Å². The van der Waals surface area contributed by atoms with Crippen LogP contribution >= 0.6 is 0 Å². The highest BCUT2D eigenvalue weighted by Gasteiger charge is 2.71. The summed E-state index contributed by atoms with van der Waals surface area (Å²) in [5, 5.41) is 10.1. The number of ether oxygens (including phenoxy) is 1. The van der Waals surface area contributed by atoms with E-state index in [0.717, 1.165) is 64.6 Å². The molecule has 246 valence electrons. The molecule has 44 heavy (non-hydrogen) atoms. The number of fused-ring (bicyclic) bond motifs is 7. The van der Waals surface area contributed by atoms with Gasteiger partial charge in [-0.15, -0.1) is 0 Å². The fraction of sp³-hybridized carbons (Fsp3) is 0.917. The Kier molecular flexibility index (Phi) is 8.01. The fourth-order valence-corrected chi connectivity index (χ4v) is 12.1. The Morgan fingerprint density at radius 3 is 2.36 bits per heavy atom. The molecule has 7 aliphatic rings. The number of likely N-dealkylation sites (tertiary alicyclic amines) is 1. The minimum Gasteiger partial charge on any atom is -0.357 e. The third-order valence-electron chi connectivity index (χ3n) is 14.8. The number of carbonyl (C=O) groups excluding carboxylic acids is 3. The van der Waals surface area contributed by atoms with E-state index in [0.29, 0.717) is 53.6 Å². The van der Waals surface area contributed by atoms with E-state index in [-0.39, 0.29) is 53.0 Å². The van der Waals surface area contributed by atoms with Crippen LogP contribution in [0.4, 0.5) is 0 Å². The van der Waals surface area contributed by atoms with Crippen LogP contribution in [0, 0.1) is 52.3 Å². The minimum absolute atomic E-state index is 0.0805. The van der Waals surface area contributed by atoms with E-state index in [2.05, 4.69) is 55.6 Å². The molecule has 12 atom stereocenters. The van der Waals surface area contributed by atoms with Crippen molar-refractivity contribution in [1.82, 2.24) is 20.9 Å². The average molecular weight is 611 g/mol. The van der Waals surface area contributed by atoms with Crippen molar-refractivity contribution in [3.63, 3.8) is 0 Å². The number of hydrogen-bond acceptors (Lipinski definition) is 6. The van der Waals surface area contributed by atoms with Gasteiger partial charge in [0.15, 0.2) is 0 Å². The smallest absolute Gasteiger partial charge is 0.229 e. The molecule has 0 aromatic carbocycles. The third-order valence-corrected chi connectivity index (χ3v) is 14.8. The first kappa shape index (κ1) is 31.1. The summed E-state index contributed by atoms with van der Waals surface area (Å²) in [5.74, 6) is 3.51. The summed E-state index contributed by atoms with van der Waals surface area (Å²) in [6, 6.07) is 0.306. The molecule has 7 fully saturated rings. The average Bonchev–Trinajstić information content (AvgIpc) is 3.43. The maximum absolute atomic E-state index is 14.4. The lowest BCUT2D eigenvalue weighted by molar-refractivity contribution is -0.160. The fourth-order valence-electron chi connectivity index (χ4n) is 12.1. The number of nitrogens with one attached hydrogen (secondary N) is 3. The second kappa shape index (κ2) is 11.3. The second-order valence-electron chi connectivity index (χ2n) is 17.0. The molecule has 4 saturated carbocycles. The van der Waals surface area contributed by atoms with Crippen LogP contribution in [-0.2, 0) is 19.1 Å². The van der Waals surface area contributed by atoms with Crippen molar-refractivity contribution in [2.24, 2.45) is 52.3 Å².